The first-order valence-electron chi connectivity index (χ1n) is 6.33. The van der Waals surface area contributed by atoms with Crippen LogP contribution in [-0.4, -0.2) is 19.1 Å². The van der Waals surface area contributed by atoms with Crippen LogP contribution in [0.15, 0.2) is 24.3 Å². The Morgan fingerprint density at radius 2 is 2.06 bits per heavy atom. The maximum atomic E-state index is 11.1. The molecule has 1 aromatic carbocycles. The fourth-order valence-corrected chi connectivity index (χ4v) is 1.62. The van der Waals surface area contributed by atoms with Crippen molar-refractivity contribution in [3.63, 3.8) is 0 Å². The first-order valence-corrected chi connectivity index (χ1v) is 6.71. The van der Waals surface area contributed by atoms with Gasteiger partial charge in [0.2, 0.25) is 0 Å². The second kappa shape index (κ2) is 8.95. The molecule has 0 aliphatic heterocycles. The summed E-state index contributed by atoms with van der Waals surface area (Å²) in [6.45, 7) is 4.10. The first kappa shape index (κ1) is 15.0. The quantitative estimate of drug-likeness (QED) is 0.582. The molecule has 0 amide bonds. The molecule has 18 heavy (non-hydrogen) atoms. The smallest absolute Gasteiger partial charge is 0.305 e. The number of esters is 1. The third-order valence-electron chi connectivity index (χ3n) is 2.46. The van der Waals surface area contributed by atoms with Gasteiger partial charge in [-0.05, 0) is 37.1 Å². The largest absolute Gasteiger partial charge is 0.466 e. The van der Waals surface area contributed by atoms with E-state index in [2.05, 4.69) is 5.32 Å². The Kier molecular flexibility index (Phi) is 7.46. The van der Waals surface area contributed by atoms with Crippen LogP contribution in [-0.2, 0) is 16.1 Å². The zero-order valence-corrected chi connectivity index (χ0v) is 11.5. The topological polar surface area (TPSA) is 38.3 Å². The number of carbonyl (C=O) groups excluding carboxylic acids is 1. The van der Waals surface area contributed by atoms with E-state index >= 15 is 0 Å². The van der Waals surface area contributed by atoms with Gasteiger partial charge in [0.25, 0.3) is 0 Å². The monoisotopic (exact) mass is 269 g/mol. The lowest BCUT2D eigenvalue weighted by Crippen LogP contribution is -2.17. The molecule has 0 saturated carbocycles. The van der Waals surface area contributed by atoms with Gasteiger partial charge in [-0.3, -0.25) is 4.79 Å². The Labute approximate surface area is 113 Å². The van der Waals surface area contributed by atoms with Crippen LogP contribution in [0.2, 0.25) is 5.02 Å². The molecular weight excluding hydrogens is 250 g/mol. The molecule has 0 aliphatic rings. The summed E-state index contributed by atoms with van der Waals surface area (Å²) in [6.07, 6.45) is 2.19. The third kappa shape index (κ3) is 6.62. The maximum Gasteiger partial charge on any atom is 0.305 e. The summed E-state index contributed by atoms with van der Waals surface area (Å²) in [4.78, 5) is 11.1. The van der Waals surface area contributed by atoms with Crippen LogP contribution in [0.25, 0.3) is 0 Å². The lowest BCUT2D eigenvalue weighted by molar-refractivity contribution is -0.143. The molecule has 0 saturated heterocycles. The number of hydrogen-bond acceptors (Lipinski definition) is 3. The van der Waals surface area contributed by atoms with Gasteiger partial charge in [0.15, 0.2) is 0 Å². The summed E-state index contributed by atoms with van der Waals surface area (Å²) in [5.74, 6) is -0.102. The van der Waals surface area contributed by atoms with Gasteiger partial charge in [0.1, 0.15) is 0 Å². The molecule has 0 atom stereocenters. The minimum Gasteiger partial charge on any atom is -0.466 e. The van der Waals surface area contributed by atoms with E-state index in [-0.39, 0.29) is 5.97 Å². The maximum absolute atomic E-state index is 11.1. The minimum absolute atomic E-state index is 0.102. The first-order chi connectivity index (χ1) is 8.72. The van der Waals surface area contributed by atoms with Gasteiger partial charge in [0, 0.05) is 18.0 Å². The molecule has 1 aromatic rings. The van der Waals surface area contributed by atoms with Crippen LogP contribution in [0.5, 0.6) is 0 Å². The number of halogens is 1. The molecule has 0 radical (unpaired) electrons. The zero-order chi connectivity index (χ0) is 13.2. The lowest BCUT2D eigenvalue weighted by atomic mass is 10.2. The summed E-state index contributed by atoms with van der Waals surface area (Å²) in [5.41, 5.74) is 1.20. The van der Waals surface area contributed by atoms with Crippen molar-refractivity contribution < 1.29 is 9.53 Å². The number of benzene rings is 1. The molecule has 0 fully saturated rings. The van der Waals surface area contributed by atoms with Gasteiger partial charge >= 0.3 is 5.97 Å². The standard InChI is InChI=1S/C14H20ClNO2/c1-2-4-14(17)18-10-3-9-16-11-12-5-7-13(15)8-6-12/h5-8,16H,2-4,9-11H2,1H3. The van der Waals surface area contributed by atoms with E-state index in [0.29, 0.717) is 13.0 Å². The highest BCUT2D eigenvalue weighted by Crippen LogP contribution is 2.08. The second-order valence-corrected chi connectivity index (χ2v) is 4.56. The highest BCUT2D eigenvalue weighted by Gasteiger charge is 1.99. The third-order valence-corrected chi connectivity index (χ3v) is 2.71. The SMILES string of the molecule is CCCC(=O)OCCCNCc1ccc(Cl)cc1. The fraction of sp³-hybridized carbons (Fsp3) is 0.500. The van der Waals surface area contributed by atoms with Crippen molar-refractivity contribution in [3.05, 3.63) is 34.9 Å². The number of ether oxygens (including phenoxy) is 1. The van der Waals surface area contributed by atoms with Crippen molar-refractivity contribution in [3.8, 4) is 0 Å². The predicted molar refractivity (Wildman–Crippen MR) is 73.6 cm³/mol. The Bertz CT molecular complexity index is 351. The molecule has 0 heterocycles. The molecule has 1 rings (SSSR count). The molecule has 0 bridgehead atoms. The lowest BCUT2D eigenvalue weighted by Gasteiger charge is -2.06. The van der Waals surface area contributed by atoms with Crippen LogP contribution in [0.1, 0.15) is 31.7 Å². The molecule has 0 aliphatic carbocycles. The van der Waals surface area contributed by atoms with Crippen molar-refractivity contribution >= 4 is 17.6 Å². The highest BCUT2D eigenvalue weighted by atomic mass is 35.5. The molecular formula is C14H20ClNO2. The van der Waals surface area contributed by atoms with Gasteiger partial charge in [-0.25, -0.2) is 0 Å². The Morgan fingerprint density at radius 1 is 1.33 bits per heavy atom. The summed E-state index contributed by atoms with van der Waals surface area (Å²) in [7, 11) is 0. The number of nitrogens with one attached hydrogen (secondary N) is 1. The Balaban J connectivity index is 2.02. The van der Waals surface area contributed by atoms with E-state index in [0.717, 1.165) is 31.0 Å². The van der Waals surface area contributed by atoms with Crippen molar-refractivity contribution in [2.75, 3.05) is 13.2 Å². The Hall–Kier alpha value is -1.06. The molecule has 0 spiro atoms. The van der Waals surface area contributed by atoms with Crippen LogP contribution in [0, 0.1) is 0 Å². The van der Waals surface area contributed by atoms with Crippen molar-refractivity contribution in [2.24, 2.45) is 0 Å². The van der Waals surface area contributed by atoms with E-state index in [9.17, 15) is 4.79 Å². The number of hydrogen-bond donors (Lipinski definition) is 1. The van der Waals surface area contributed by atoms with Gasteiger partial charge < -0.3 is 10.1 Å². The summed E-state index contributed by atoms with van der Waals surface area (Å²) in [6, 6.07) is 7.75. The Morgan fingerprint density at radius 3 is 2.72 bits per heavy atom. The summed E-state index contributed by atoms with van der Waals surface area (Å²) >= 11 is 5.80. The van der Waals surface area contributed by atoms with Crippen LogP contribution in [0.3, 0.4) is 0 Å². The van der Waals surface area contributed by atoms with Crippen molar-refractivity contribution in [2.45, 2.75) is 32.7 Å². The molecule has 4 heteroatoms. The van der Waals surface area contributed by atoms with E-state index in [1.165, 1.54) is 5.56 Å². The normalized spacial score (nSPS) is 10.3. The second-order valence-electron chi connectivity index (χ2n) is 4.13. The van der Waals surface area contributed by atoms with E-state index in [1.54, 1.807) is 0 Å². The molecule has 0 aromatic heterocycles. The van der Waals surface area contributed by atoms with Crippen LogP contribution >= 0.6 is 11.6 Å². The predicted octanol–water partition coefficient (Wildman–Crippen LogP) is 3.16. The zero-order valence-electron chi connectivity index (χ0n) is 10.7. The van der Waals surface area contributed by atoms with Crippen LogP contribution in [0.4, 0.5) is 0 Å². The summed E-state index contributed by atoms with van der Waals surface area (Å²) < 4.78 is 5.05. The molecule has 0 unspecified atom stereocenters. The van der Waals surface area contributed by atoms with E-state index < -0.39 is 0 Å². The minimum atomic E-state index is -0.102. The number of rotatable bonds is 8. The van der Waals surface area contributed by atoms with Gasteiger partial charge in [-0.1, -0.05) is 30.7 Å². The van der Waals surface area contributed by atoms with Gasteiger partial charge in [-0.15, -0.1) is 0 Å². The van der Waals surface area contributed by atoms with Crippen molar-refractivity contribution in [1.82, 2.24) is 5.32 Å². The van der Waals surface area contributed by atoms with Gasteiger partial charge in [0.05, 0.1) is 6.61 Å². The molecule has 3 nitrogen and oxygen atoms in total. The average Bonchev–Trinajstić information content (AvgIpc) is 2.36. The van der Waals surface area contributed by atoms with E-state index in [1.807, 2.05) is 31.2 Å². The number of carbonyl (C=O) groups is 1. The average molecular weight is 270 g/mol. The van der Waals surface area contributed by atoms with Crippen LogP contribution < -0.4 is 5.32 Å². The van der Waals surface area contributed by atoms with Crippen molar-refractivity contribution in [1.29, 1.82) is 0 Å². The molecule has 1 N–H and O–H groups in total. The summed E-state index contributed by atoms with van der Waals surface area (Å²) in [5, 5.41) is 4.04. The fourth-order valence-electron chi connectivity index (χ4n) is 1.49. The molecule has 100 valence electrons. The van der Waals surface area contributed by atoms with E-state index in [4.69, 9.17) is 16.3 Å². The highest BCUT2D eigenvalue weighted by molar-refractivity contribution is 6.30. The van der Waals surface area contributed by atoms with Gasteiger partial charge in [-0.2, -0.15) is 0 Å².